The third-order valence-corrected chi connectivity index (χ3v) is 6.68. The van der Waals surface area contributed by atoms with Gasteiger partial charge in [0.2, 0.25) is 0 Å². The van der Waals surface area contributed by atoms with Crippen molar-refractivity contribution in [1.82, 2.24) is 30.3 Å². The minimum Gasteiger partial charge on any atom is -0.326 e. The second-order valence-electron chi connectivity index (χ2n) is 8.42. The maximum atomic E-state index is 12.6. The van der Waals surface area contributed by atoms with Crippen molar-refractivity contribution < 1.29 is 31.7 Å². The first-order valence-corrected chi connectivity index (χ1v) is 12.0. The third kappa shape index (κ3) is 4.39. The van der Waals surface area contributed by atoms with E-state index in [-0.39, 0.29) is 25.2 Å². The number of urea groups is 1. The second-order valence-corrected chi connectivity index (χ2v) is 9.43. The fourth-order valence-electron chi connectivity index (χ4n) is 4.79. The molecule has 3 fully saturated rings. The Morgan fingerprint density at radius 2 is 2.09 bits per heavy atom. The molecule has 3 amide bonds. The average molecular weight is 481 g/mol. The van der Waals surface area contributed by atoms with Crippen LogP contribution >= 0.6 is 0 Å². The molecule has 4 heterocycles. The first-order chi connectivity index (χ1) is 15.8. The molecule has 3 aliphatic heterocycles. The highest BCUT2D eigenvalue weighted by molar-refractivity contribution is 7.80. The number of hydrogen-bond donors (Lipinski definition) is 3. The molecule has 2 aromatic rings. The molecule has 0 radical (unpaired) electrons. The summed E-state index contributed by atoms with van der Waals surface area (Å²) in [5.41, 5.74) is 4.41. The van der Waals surface area contributed by atoms with Crippen LogP contribution in [0.3, 0.4) is 0 Å². The fraction of sp³-hybridized carbons (Fsp3) is 0.526. The number of para-hydroxylation sites is 2. The SMILES string of the molecule is O=C(NOC[C@H]1C[C@@H](n2cnc3ccccc32)CN1)C1CCC2CN1C(=O)N2OS(=O)(=O)O. The molecule has 3 aliphatic rings. The Bertz CT molecular complexity index is 1170. The zero-order valence-electron chi connectivity index (χ0n) is 17.5. The van der Waals surface area contributed by atoms with Crippen LogP contribution < -0.4 is 10.8 Å². The third-order valence-electron chi connectivity index (χ3n) is 6.33. The van der Waals surface area contributed by atoms with Gasteiger partial charge in [0.15, 0.2) is 0 Å². The summed E-state index contributed by atoms with van der Waals surface area (Å²) in [6, 6.07) is 6.02. The summed E-state index contributed by atoms with van der Waals surface area (Å²) in [7, 11) is -4.83. The number of fused-ring (bicyclic) bond motifs is 3. The van der Waals surface area contributed by atoms with E-state index in [0.29, 0.717) is 17.9 Å². The Morgan fingerprint density at radius 3 is 2.91 bits per heavy atom. The molecule has 0 saturated carbocycles. The lowest BCUT2D eigenvalue weighted by Crippen LogP contribution is -2.50. The normalized spacial score (nSPS) is 27.5. The molecule has 2 bridgehead atoms. The molecule has 14 heteroatoms. The zero-order chi connectivity index (χ0) is 23.2. The number of carbonyl (C=O) groups excluding carboxylic acids is 2. The molecular formula is C19H24N6O7S. The highest BCUT2D eigenvalue weighted by Crippen LogP contribution is 2.31. The number of benzene rings is 1. The van der Waals surface area contributed by atoms with Gasteiger partial charge in [0.25, 0.3) is 5.91 Å². The number of rotatable bonds is 7. The van der Waals surface area contributed by atoms with Gasteiger partial charge in [0.1, 0.15) is 6.04 Å². The lowest BCUT2D eigenvalue weighted by molar-refractivity contribution is -0.139. The Labute approximate surface area is 189 Å². The van der Waals surface area contributed by atoms with Crippen molar-refractivity contribution in [3.63, 3.8) is 0 Å². The van der Waals surface area contributed by atoms with Gasteiger partial charge in [-0.2, -0.15) is 13.5 Å². The largest absolute Gasteiger partial charge is 0.418 e. The van der Waals surface area contributed by atoms with Gasteiger partial charge >= 0.3 is 16.4 Å². The van der Waals surface area contributed by atoms with Crippen molar-refractivity contribution in [2.45, 2.75) is 43.4 Å². The summed E-state index contributed by atoms with van der Waals surface area (Å²) in [6.45, 7) is 1.12. The molecule has 0 spiro atoms. The van der Waals surface area contributed by atoms with E-state index in [4.69, 9.17) is 9.39 Å². The monoisotopic (exact) mass is 480 g/mol. The summed E-state index contributed by atoms with van der Waals surface area (Å²) in [5.74, 6) is -0.495. The Kier molecular flexibility index (Phi) is 5.70. The second kappa shape index (κ2) is 8.53. The van der Waals surface area contributed by atoms with Crippen LogP contribution in [-0.4, -0.2) is 82.2 Å². The van der Waals surface area contributed by atoms with Crippen molar-refractivity contribution in [3.8, 4) is 0 Å². The van der Waals surface area contributed by atoms with E-state index in [1.54, 1.807) is 0 Å². The average Bonchev–Trinajstić information content (AvgIpc) is 3.47. The standard InChI is InChI=1S/C19H24N6O7S/c26-18(17-6-5-13-9-23(17)19(27)25(13)32-33(28,29)30)22-31-10-12-7-14(8-20-12)24-11-21-15-3-1-2-4-16(15)24/h1-4,11-14,17,20H,5-10H2,(H,22,26)(H,28,29,30)/t12-,13?,14-,17?/m1/s1. The van der Waals surface area contributed by atoms with Gasteiger partial charge in [-0.3, -0.25) is 14.2 Å². The van der Waals surface area contributed by atoms with E-state index in [9.17, 15) is 18.0 Å². The topological polar surface area (TPSA) is 155 Å². The number of hydrogen-bond acceptors (Lipinski definition) is 8. The highest BCUT2D eigenvalue weighted by Gasteiger charge is 2.49. The number of nitrogens with one attached hydrogen (secondary N) is 2. The summed E-state index contributed by atoms with van der Waals surface area (Å²) < 4.78 is 37.3. The van der Waals surface area contributed by atoms with E-state index in [0.717, 1.165) is 24.0 Å². The number of nitrogens with zero attached hydrogens (tertiary/aromatic N) is 4. The van der Waals surface area contributed by atoms with Crippen LogP contribution in [-0.2, 0) is 24.3 Å². The minimum atomic E-state index is -4.83. The van der Waals surface area contributed by atoms with Crippen LogP contribution in [0.4, 0.5) is 4.79 Å². The molecule has 178 valence electrons. The number of piperidine rings is 1. The fourth-order valence-corrected chi connectivity index (χ4v) is 5.18. The summed E-state index contributed by atoms with van der Waals surface area (Å²) in [5, 5.41) is 3.98. The predicted molar refractivity (Wildman–Crippen MR) is 113 cm³/mol. The first-order valence-electron chi connectivity index (χ1n) is 10.6. The van der Waals surface area contributed by atoms with Crippen molar-refractivity contribution in [3.05, 3.63) is 30.6 Å². The van der Waals surface area contributed by atoms with Gasteiger partial charge in [-0.25, -0.2) is 15.3 Å². The van der Waals surface area contributed by atoms with Crippen LogP contribution in [0.5, 0.6) is 0 Å². The van der Waals surface area contributed by atoms with Gasteiger partial charge in [0, 0.05) is 25.2 Å². The van der Waals surface area contributed by atoms with Crippen molar-refractivity contribution in [1.29, 1.82) is 0 Å². The van der Waals surface area contributed by atoms with Crippen LogP contribution in [0.1, 0.15) is 25.3 Å². The molecule has 0 aliphatic carbocycles. The van der Waals surface area contributed by atoms with Gasteiger partial charge in [-0.05, 0) is 31.4 Å². The van der Waals surface area contributed by atoms with E-state index < -0.39 is 34.4 Å². The van der Waals surface area contributed by atoms with Gasteiger partial charge in [0.05, 0.1) is 30.0 Å². The van der Waals surface area contributed by atoms with Gasteiger partial charge < -0.3 is 14.8 Å². The van der Waals surface area contributed by atoms with Gasteiger partial charge in [-0.1, -0.05) is 12.1 Å². The molecule has 13 nitrogen and oxygen atoms in total. The number of hydroxylamine groups is 3. The molecule has 33 heavy (non-hydrogen) atoms. The van der Waals surface area contributed by atoms with Crippen molar-refractivity contribution >= 4 is 33.4 Å². The van der Waals surface area contributed by atoms with E-state index in [2.05, 4.69) is 24.6 Å². The van der Waals surface area contributed by atoms with Crippen LogP contribution in [0.25, 0.3) is 11.0 Å². The number of carbonyl (C=O) groups is 2. The van der Waals surface area contributed by atoms with Crippen molar-refractivity contribution in [2.75, 3.05) is 19.7 Å². The van der Waals surface area contributed by atoms with E-state index >= 15 is 0 Å². The number of aromatic nitrogens is 2. The Balaban J connectivity index is 1.12. The van der Waals surface area contributed by atoms with Crippen LogP contribution in [0.2, 0.25) is 0 Å². The first kappa shape index (κ1) is 22.0. The maximum Gasteiger partial charge on any atom is 0.418 e. The summed E-state index contributed by atoms with van der Waals surface area (Å²) in [4.78, 5) is 36.1. The summed E-state index contributed by atoms with van der Waals surface area (Å²) in [6.07, 6.45) is 3.29. The lowest BCUT2D eigenvalue weighted by atomic mass is 10.0. The predicted octanol–water partition coefficient (Wildman–Crippen LogP) is -0.00990. The Morgan fingerprint density at radius 1 is 1.27 bits per heavy atom. The lowest BCUT2D eigenvalue weighted by Gasteiger charge is -2.29. The molecule has 3 saturated heterocycles. The van der Waals surface area contributed by atoms with Gasteiger partial charge in [-0.15, -0.1) is 4.28 Å². The molecule has 4 atom stereocenters. The van der Waals surface area contributed by atoms with Crippen molar-refractivity contribution in [2.24, 2.45) is 0 Å². The van der Waals surface area contributed by atoms with Crippen LogP contribution in [0.15, 0.2) is 30.6 Å². The summed E-state index contributed by atoms with van der Waals surface area (Å²) >= 11 is 0. The zero-order valence-corrected chi connectivity index (χ0v) is 18.3. The number of amides is 3. The molecule has 1 aromatic carbocycles. The molecule has 2 unspecified atom stereocenters. The quantitative estimate of drug-likeness (QED) is 0.366. The molecule has 3 N–H and O–H groups in total. The molecular weight excluding hydrogens is 456 g/mol. The number of imidazole rings is 1. The smallest absolute Gasteiger partial charge is 0.326 e. The highest BCUT2D eigenvalue weighted by atomic mass is 32.3. The van der Waals surface area contributed by atoms with Crippen LogP contribution in [0, 0.1) is 0 Å². The maximum absolute atomic E-state index is 12.6. The Hall–Kier alpha value is -2.78. The van der Waals surface area contributed by atoms with E-state index in [1.807, 2.05) is 30.6 Å². The van der Waals surface area contributed by atoms with E-state index in [1.165, 1.54) is 4.90 Å². The molecule has 1 aromatic heterocycles. The molecule has 5 rings (SSSR count). The minimum absolute atomic E-state index is 0.0271.